The van der Waals surface area contributed by atoms with Crippen LogP contribution in [0.15, 0.2) is 55.1 Å². The SMILES string of the molecule is C=CCOc1ccccc1CN(C(=O)CCN)c1ccc2c(c1)OCCO2. The van der Waals surface area contributed by atoms with Crippen molar-refractivity contribution in [2.24, 2.45) is 5.73 Å². The van der Waals surface area contributed by atoms with Gasteiger partial charge in [0.25, 0.3) is 0 Å². The van der Waals surface area contributed by atoms with Crippen LogP contribution in [0.1, 0.15) is 12.0 Å². The number of nitrogens with zero attached hydrogens (tertiary/aromatic N) is 1. The van der Waals surface area contributed by atoms with Gasteiger partial charge in [-0.1, -0.05) is 30.9 Å². The third-order valence-electron chi connectivity index (χ3n) is 4.15. The Balaban J connectivity index is 1.91. The van der Waals surface area contributed by atoms with Crippen molar-refractivity contribution in [3.05, 3.63) is 60.7 Å². The highest BCUT2D eigenvalue weighted by atomic mass is 16.6. The predicted molar refractivity (Wildman–Crippen MR) is 104 cm³/mol. The third kappa shape index (κ3) is 4.60. The van der Waals surface area contributed by atoms with Crippen LogP contribution in [0.4, 0.5) is 5.69 Å². The second-order valence-electron chi connectivity index (χ2n) is 6.05. The van der Waals surface area contributed by atoms with Gasteiger partial charge in [-0.15, -0.1) is 0 Å². The Morgan fingerprint density at radius 3 is 2.74 bits per heavy atom. The lowest BCUT2D eigenvalue weighted by atomic mass is 10.1. The molecule has 0 saturated carbocycles. The van der Waals surface area contributed by atoms with Gasteiger partial charge in [-0.2, -0.15) is 0 Å². The van der Waals surface area contributed by atoms with E-state index < -0.39 is 0 Å². The normalized spacial score (nSPS) is 12.3. The van der Waals surface area contributed by atoms with Crippen molar-refractivity contribution in [3.8, 4) is 17.2 Å². The minimum absolute atomic E-state index is 0.0623. The van der Waals surface area contributed by atoms with Crippen LogP contribution in [-0.4, -0.2) is 32.3 Å². The first-order valence-corrected chi connectivity index (χ1v) is 8.94. The fraction of sp³-hybridized carbons (Fsp3) is 0.286. The number of ether oxygens (including phenoxy) is 3. The molecule has 0 bridgehead atoms. The van der Waals surface area contributed by atoms with Crippen LogP contribution in [-0.2, 0) is 11.3 Å². The molecule has 27 heavy (non-hydrogen) atoms. The highest BCUT2D eigenvalue weighted by Crippen LogP contribution is 2.35. The van der Waals surface area contributed by atoms with Crippen molar-refractivity contribution in [2.45, 2.75) is 13.0 Å². The van der Waals surface area contributed by atoms with E-state index in [0.717, 1.165) is 17.0 Å². The lowest BCUT2D eigenvalue weighted by Gasteiger charge is -2.26. The molecule has 0 aromatic heterocycles. The number of fused-ring (bicyclic) bond motifs is 1. The Morgan fingerprint density at radius 2 is 1.96 bits per heavy atom. The number of carbonyl (C=O) groups excluding carboxylic acids is 1. The Kier molecular flexibility index (Phi) is 6.33. The second kappa shape index (κ2) is 9.09. The maximum atomic E-state index is 12.8. The summed E-state index contributed by atoms with van der Waals surface area (Å²) < 4.78 is 17.0. The second-order valence-corrected chi connectivity index (χ2v) is 6.05. The molecule has 0 unspecified atom stereocenters. The van der Waals surface area contributed by atoms with E-state index >= 15 is 0 Å². The van der Waals surface area contributed by atoms with Gasteiger partial charge in [-0.05, 0) is 18.2 Å². The van der Waals surface area contributed by atoms with Crippen molar-refractivity contribution in [2.75, 3.05) is 31.3 Å². The summed E-state index contributed by atoms with van der Waals surface area (Å²) in [6.07, 6.45) is 1.94. The fourth-order valence-corrected chi connectivity index (χ4v) is 2.88. The summed E-state index contributed by atoms with van der Waals surface area (Å²) >= 11 is 0. The molecule has 1 heterocycles. The number of amides is 1. The maximum absolute atomic E-state index is 12.8. The number of hydrogen-bond donors (Lipinski definition) is 1. The van der Waals surface area contributed by atoms with Gasteiger partial charge in [0.15, 0.2) is 11.5 Å². The number of anilines is 1. The Hall–Kier alpha value is -2.99. The zero-order valence-electron chi connectivity index (χ0n) is 15.2. The van der Waals surface area contributed by atoms with Crippen LogP contribution in [0.3, 0.4) is 0 Å². The molecule has 0 radical (unpaired) electrons. The van der Waals surface area contributed by atoms with Crippen LogP contribution in [0.2, 0.25) is 0 Å². The highest BCUT2D eigenvalue weighted by molar-refractivity contribution is 5.93. The van der Waals surface area contributed by atoms with E-state index in [9.17, 15) is 4.79 Å². The van der Waals surface area contributed by atoms with Gasteiger partial charge in [-0.25, -0.2) is 0 Å². The molecule has 0 spiro atoms. The molecule has 6 nitrogen and oxygen atoms in total. The summed E-state index contributed by atoms with van der Waals surface area (Å²) in [6.45, 7) is 5.75. The molecule has 6 heteroatoms. The summed E-state index contributed by atoms with van der Waals surface area (Å²) in [6, 6.07) is 13.2. The number of carbonyl (C=O) groups is 1. The lowest BCUT2D eigenvalue weighted by Crippen LogP contribution is -2.32. The summed E-state index contributed by atoms with van der Waals surface area (Å²) in [5.74, 6) is 1.99. The van der Waals surface area contributed by atoms with Gasteiger partial charge >= 0.3 is 0 Å². The smallest absolute Gasteiger partial charge is 0.228 e. The number of rotatable bonds is 8. The summed E-state index contributed by atoms with van der Waals surface area (Å²) in [7, 11) is 0. The zero-order chi connectivity index (χ0) is 19.1. The average Bonchev–Trinajstić information content (AvgIpc) is 2.71. The van der Waals surface area contributed by atoms with Gasteiger partial charge in [0.1, 0.15) is 25.6 Å². The van der Waals surface area contributed by atoms with Crippen LogP contribution in [0, 0.1) is 0 Å². The predicted octanol–water partition coefficient (Wildman–Crippen LogP) is 2.90. The molecule has 1 amide bonds. The van der Waals surface area contributed by atoms with E-state index in [4.69, 9.17) is 19.9 Å². The fourth-order valence-electron chi connectivity index (χ4n) is 2.88. The van der Waals surface area contributed by atoms with Gasteiger partial charge in [-0.3, -0.25) is 4.79 Å². The number of nitrogens with two attached hydrogens (primary N) is 1. The monoisotopic (exact) mass is 368 g/mol. The molecule has 2 aromatic rings. The van der Waals surface area contributed by atoms with E-state index in [1.54, 1.807) is 11.0 Å². The van der Waals surface area contributed by atoms with E-state index in [1.807, 2.05) is 42.5 Å². The number of hydrogen-bond acceptors (Lipinski definition) is 5. The van der Waals surface area contributed by atoms with Gasteiger partial charge in [0.05, 0.1) is 6.54 Å². The average molecular weight is 368 g/mol. The number of para-hydroxylation sites is 1. The van der Waals surface area contributed by atoms with Gasteiger partial charge in [0, 0.05) is 30.3 Å². The van der Waals surface area contributed by atoms with E-state index in [1.165, 1.54) is 0 Å². The van der Waals surface area contributed by atoms with Crippen molar-refractivity contribution >= 4 is 11.6 Å². The van der Waals surface area contributed by atoms with Crippen LogP contribution < -0.4 is 24.8 Å². The largest absolute Gasteiger partial charge is 0.489 e. The van der Waals surface area contributed by atoms with Gasteiger partial charge in [0.2, 0.25) is 5.91 Å². The first-order chi connectivity index (χ1) is 13.2. The first-order valence-electron chi connectivity index (χ1n) is 8.94. The Morgan fingerprint density at radius 1 is 1.19 bits per heavy atom. The van der Waals surface area contributed by atoms with Crippen LogP contribution in [0.5, 0.6) is 17.2 Å². The Labute approximate surface area is 159 Å². The molecular formula is C21H24N2O4. The molecule has 0 saturated heterocycles. The van der Waals surface area contributed by atoms with Crippen molar-refractivity contribution in [1.29, 1.82) is 0 Å². The summed E-state index contributed by atoms with van der Waals surface area (Å²) in [5, 5.41) is 0. The molecule has 2 aromatic carbocycles. The topological polar surface area (TPSA) is 74.0 Å². The maximum Gasteiger partial charge on any atom is 0.228 e. The molecule has 1 aliphatic rings. The summed E-state index contributed by atoms with van der Waals surface area (Å²) in [4.78, 5) is 14.5. The van der Waals surface area contributed by atoms with Crippen molar-refractivity contribution in [3.63, 3.8) is 0 Å². The molecule has 1 aliphatic heterocycles. The molecule has 0 aliphatic carbocycles. The standard InChI is InChI=1S/C21H24N2O4/c1-2-11-25-18-6-4-3-5-16(18)15-23(21(24)9-10-22)17-7-8-19-20(14-17)27-13-12-26-19/h2-8,14H,1,9-13,15,22H2. The van der Waals surface area contributed by atoms with Gasteiger partial charge < -0.3 is 24.8 Å². The van der Waals surface area contributed by atoms with E-state index in [2.05, 4.69) is 6.58 Å². The highest BCUT2D eigenvalue weighted by Gasteiger charge is 2.20. The molecule has 0 atom stereocenters. The van der Waals surface area contributed by atoms with Crippen LogP contribution in [0.25, 0.3) is 0 Å². The lowest BCUT2D eigenvalue weighted by molar-refractivity contribution is -0.118. The molecule has 142 valence electrons. The van der Waals surface area contributed by atoms with E-state index in [-0.39, 0.29) is 18.9 Å². The van der Waals surface area contributed by atoms with Crippen LogP contribution >= 0.6 is 0 Å². The minimum Gasteiger partial charge on any atom is -0.489 e. The minimum atomic E-state index is -0.0623. The molecule has 3 rings (SSSR count). The third-order valence-corrected chi connectivity index (χ3v) is 4.15. The molecule has 0 fully saturated rings. The first kappa shape index (κ1) is 18.8. The number of benzene rings is 2. The molecule has 2 N–H and O–H groups in total. The van der Waals surface area contributed by atoms with Crippen molar-refractivity contribution < 1.29 is 19.0 Å². The Bertz CT molecular complexity index is 807. The van der Waals surface area contributed by atoms with Crippen molar-refractivity contribution in [1.82, 2.24) is 0 Å². The summed E-state index contributed by atoms with van der Waals surface area (Å²) in [5.41, 5.74) is 7.25. The molecular weight excluding hydrogens is 344 g/mol. The van der Waals surface area contributed by atoms with E-state index in [0.29, 0.717) is 37.9 Å². The zero-order valence-corrected chi connectivity index (χ0v) is 15.2. The quantitative estimate of drug-likeness (QED) is 0.725.